The van der Waals surface area contributed by atoms with E-state index in [0.717, 1.165) is 36.3 Å². The average Bonchev–Trinajstić information content (AvgIpc) is 2.74. The van der Waals surface area contributed by atoms with Crippen LogP contribution in [-0.4, -0.2) is 56.5 Å². The van der Waals surface area contributed by atoms with E-state index in [9.17, 15) is 9.18 Å². The van der Waals surface area contributed by atoms with Crippen molar-refractivity contribution in [3.8, 4) is 5.75 Å². The summed E-state index contributed by atoms with van der Waals surface area (Å²) in [7, 11) is 5.68. The van der Waals surface area contributed by atoms with Crippen molar-refractivity contribution in [1.82, 2.24) is 15.1 Å². The number of rotatable bonds is 8. The molecule has 1 aliphatic rings. The first kappa shape index (κ1) is 22.2. The Balaban J connectivity index is 1.57. The quantitative estimate of drug-likeness (QED) is 0.720. The standard InChI is InChI=1S/C24H32FN3O2/c1-27(2)23(19-8-5-11-22(14-19)30-3)15-26-24(29)20-9-6-12-28(17-20)16-18-7-4-10-21(25)13-18/h4-5,7-8,10-11,13-14,20,23H,6,9,12,15-17H2,1-3H3,(H,26,29). The topological polar surface area (TPSA) is 44.8 Å². The van der Waals surface area contributed by atoms with Gasteiger partial charge in [0.15, 0.2) is 0 Å². The predicted molar refractivity (Wildman–Crippen MR) is 117 cm³/mol. The van der Waals surface area contributed by atoms with Gasteiger partial charge in [0.1, 0.15) is 11.6 Å². The molecule has 2 aromatic carbocycles. The molecule has 1 fully saturated rings. The van der Waals surface area contributed by atoms with Crippen molar-refractivity contribution in [2.24, 2.45) is 5.92 Å². The Morgan fingerprint density at radius 1 is 1.27 bits per heavy atom. The largest absolute Gasteiger partial charge is 0.497 e. The van der Waals surface area contributed by atoms with E-state index in [1.165, 1.54) is 6.07 Å². The SMILES string of the molecule is COc1cccc(C(CNC(=O)C2CCCN(Cc3cccc(F)c3)C2)N(C)C)c1. The van der Waals surface area contributed by atoms with Crippen molar-refractivity contribution in [2.45, 2.75) is 25.4 Å². The van der Waals surface area contributed by atoms with E-state index in [2.05, 4.69) is 21.2 Å². The Morgan fingerprint density at radius 3 is 2.80 bits per heavy atom. The lowest BCUT2D eigenvalue weighted by Gasteiger charge is -2.33. The molecule has 0 radical (unpaired) electrons. The lowest BCUT2D eigenvalue weighted by atomic mass is 9.96. The van der Waals surface area contributed by atoms with Crippen molar-refractivity contribution in [2.75, 3.05) is 40.8 Å². The Hall–Kier alpha value is -2.44. The molecule has 0 spiro atoms. The number of hydrogen-bond acceptors (Lipinski definition) is 4. The number of ether oxygens (including phenoxy) is 1. The average molecular weight is 414 g/mol. The zero-order chi connectivity index (χ0) is 21.5. The molecule has 1 N–H and O–H groups in total. The molecular formula is C24H32FN3O2. The predicted octanol–water partition coefficient (Wildman–Crippen LogP) is 3.47. The van der Waals surface area contributed by atoms with Crippen LogP contribution in [0.25, 0.3) is 0 Å². The van der Waals surface area contributed by atoms with Crippen molar-refractivity contribution in [3.05, 3.63) is 65.5 Å². The summed E-state index contributed by atoms with van der Waals surface area (Å²) in [4.78, 5) is 17.2. The van der Waals surface area contributed by atoms with Crippen LogP contribution in [0.15, 0.2) is 48.5 Å². The first-order valence-electron chi connectivity index (χ1n) is 10.5. The number of likely N-dealkylation sites (tertiary alicyclic amines) is 1. The van der Waals surface area contributed by atoms with Gasteiger partial charge in [-0.1, -0.05) is 24.3 Å². The number of hydrogen-bond donors (Lipinski definition) is 1. The molecule has 5 nitrogen and oxygen atoms in total. The summed E-state index contributed by atoms with van der Waals surface area (Å²) in [6.07, 6.45) is 1.86. The minimum absolute atomic E-state index is 0.0413. The Kier molecular flexibility index (Phi) is 7.82. The summed E-state index contributed by atoms with van der Waals surface area (Å²) in [5, 5.41) is 3.16. The zero-order valence-corrected chi connectivity index (χ0v) is 18.1. The van der Waals surface area contributed by atoms with Gasteiger partial charge in [0.25, 0.3) is 0 Å². The molecule has 0 saturated carbocycles. The molecule has 162 valence electrons. The van der Waals surface area contributed by atoms with Gasteiger partial charge in [-0.2, -0.15) is 0 Å². The molecule has 30 heavy (non-hydrogen) atoms. The molecular weight excluding hydrogens is 381 g/mol. The summed E-state index contributed by atoms with van der Waals surface area (Å²) >= 11 is 0. The maximum absolute atomic E-state index is 13.5. The van der Waals surface area contributed by atoms with Gasteiger partial charge < -0.3 is 15.0 Å². The zero-order valence-electron chi connectivity index (χ0n) is 18.1. The van der Waals surface area contributed by atoms with Gasteiger partial charge in [0.2, 0.25) is 5.91 Å². The normalized spacial score (nSPS) is 18.2. The number of likely N-dealkylation sites (N-methyl/N-ethyl adjacent to an activating group) is 1. The number of benzene rings is 2. The van der Waals surface area contributed by atoms with Crippen LogP contribution in [0.2, 0.25) is 0 Å². The first-order chi connectivity index (χ1) is 14.5. The highest BCUT2D eigenvalue weighted by atomic mass is 19.1. The summed E-state index contributed by atoms with van der Waals surface area (Å²) in [6.45, 7) is 2.85. The number of piperidine rings is 1. The van der Waals surface area contributed by atoms with Crippen LogP contribution >= 0.6 is 0 Å². The molecule has 1 aliphatic heterocycles. The van der Waals surface area contributed by atoms with Gasteiger partial charge >= 0.3 is 0 Å². The molecule has 0 aromatic heterocycles. The second-order valence-corrected chi connectivity index (χ2v) is 8.21. The van der Waals surface area contributed by atoms with Crippen LogP contribution in [0.5, 0.6) is 5.75 Å². The third-order valence-corrected chi connectivity index (χ3v) is 5.74. The summed E-state index contributed by atoms with van der Waals surface area (Å²) in [5.41, 5.74) is 2.05. The Morgan fingerprint density at radius 2 is 2.07 bits per heavy atom. The van der Waals surface area contributed by atoms with Crippen LogP contribution in [0.1, 0.15) is 30.0 Å². The summed E-state index contributed by atoms with van der Waals surface area (Å²) < 4.78 is 18.8. The van der Waals surface area contributed by atoms with E-state index in [-0.39, 0.29) is 23.7 Å². The molecule has 2 atom stereocenters. The van der Waals surface area contributed by atoms with Gasteiger partial charge in [-0.3, -0.25) is 9.69 Å². The molecule has 1 saturated heterocycles. The number of halogens is 1. The minimum atomic E-state index is -0.217. The molecule has 1 heterocycles. The third-order valence-electron chi connectivity index (χ3n) is 5.74. The van der Waals surface area contributed by atoms with Crippen LogP contribution in [0.4, 0.5) is 4.39 Å². The minimum Gasteiger partial charge on any atom is -0.497 e. The molecule has 2 aromatic rings. The molecule has 6 heteroatoms. The van der Waals surface area contributed by atoms with Gasteiger partial charge in [0.05, 0.1) is 19.1 Å². The molecule has 0 aliphatic carbocycles. The number of carbonyl (C=O) groups is 1. The van der Waals surface area contributed by atoms with E-state index in [1.54, 1.807) is 19.2 Å². The fourth-order valence-electron chi connectivity index (χ4n) is 4.10. The van der Waals surface area contributed by atoms with Crippen molar-refractivity contribution < 1.29 is 13.9 Å². The van der Waals surface area contributed by atoms with Crippen LogP contribution in [0, 0.1) is 11.7 Å². The van der Waals surface area contributed by atoms with E-state index >= 15 is 0 Å². The molecule has 0 bridgehead atoms. The van der Waals surface area contributed by atoms with Crippen molar-refractivity contribution >= 4 is 5.91 Å². The lowest BCUT2D eigenvalue weighted by molar-refractivity contribution is -0.127. The Labute approximate surface area is 178 Å². The number of carbonyl (C=O) groups excluding carboxylic acids is 1. The van der Waals surface area contributed by atoms with E-state index in [4.69, 9.17) is 4.74 Å². The van der Waals surface area contributed by atoms with Crippen molar-refractivity contribution in [1.29, 1.82) is 0 Å². The second kappa shape index (κ2) is 10.5. The lowest BCUT2D eigenvalue weighted by Crippen LogP contribution is -2.44. The van der Waals surface area contributed by atoms with Crippen LogP contribution < -0.4 is 10.1 Å². The van der Waals surface area contributed by atoms with E-state index in [0.29, 0.717) is 19.6 Å². The van der Waals surface area contributed by atoms with Gasteiger partial charge in [-0.05, 0) is 68.9 Å². The highest BCUT2D eigenvalue weighted by molar-refractivity contribution is 5.79. The van der Waals surface area contributed by atoms with Crippen molar-refractivity contribution in [3.63, 3.8) is 0 Å². The maximum Gasteiger partial charge on any atom is 0.224 e. The smallest absolute Gasteiger partial charge is 0.224 e. The number of nitrogens with zero attached hydrogens (tertiary/aromatic N) is 2. The maximum atomic E-state index is 13.5. The van der Waals surface area contributed by atoms with Gasteiger partial charge in [0, 0.05) is 19.6 Å². The van der Waals surface area contributed by atoms with Crippen LogP contribution in [-0.2, 0) is 11.3 Å². The molecule has 3 rings (SSSR count). The summed E-state index contributed by atoms with van der Waals surface area (Å²) in [6, 6.07) is 14.7. The summed E-state index contributed by atoms with van der Waals surface area (Å²) in [5.74, 6) is 0.645. The van der Waals surface area contributed by atoms with E-state index < -0.39 is 0 Å². The monoisotopic (exact) mass is 413 g/mol. The molecule has 2 unspecified atom stereocenters. The Bertz CT molecular complexity index is 843. The highest BCUT2D eigenvalue weighted by Crippen LogP contribution is 2.23. The van der Waals surface area contributed by atoms with E-state index in [1.807, 2.05) is 38.4 Å². The van der Waals surface area contributed by atoms with Crippen LogP contribution in [0.3, 0.4) is 0 Å². The first-order valence-corrected chi connectivity index (χ1v) is 10.5. The highest BCUT2D eigenvalue weighted by Gasteiger charge is 2.26. The fourth-order valence-corrected chi connectivity index (χ4v) is 4.10. The number of nitrogens with one attached hydrogen (secondary N) is 1. The second-order valence-electron chi connectivity index (χ2n) is 8.21. The fraction of sp³-hybridized carbons (Fsp3) is 0.458. The van der Waals surface area contributed by atoms with Gasteiger partial charge in [-0.15, -0.1) is 0 Å². The molecule has 1 amide bonds. The third kappa shape index (κ3) is 6.03. The van der Waals surface area contributed by atoms with Gasteiger partial charge in [-0.25, -0.2) is 4.39 Å². The number of methoxy groups -OCH3 is 1. The number of amides is 1.